The first-order valence-electron chi connectivity index (χ1n) is 5.22. The second kappa shape index (κ2) is 5.94. The Bertz CT molecular complexity index is 647. The van der Waals surface area contributed by atoms with Crippen LogP contribution in [0.15, 0.2) is 45.3 Å². The summed E-state index contributed by atoms with van der Waals surface area (Å²) in [5, 5.41) is 12.7. The van der Waals surface area contributed by atoms with Crippen LogP contribution in [0.3, 0.4) is 0 Å². The molecule has 2 aromatic rings. The summed E-state index contributed by atoms with van der Waals surface area (Å²) in [5.74, 6) is -0.332. The minimum atomic E-state index is -0.341. The number of amides is 1. The molecule has 0 aliphatic rings. The predicted molar refractivity (Wildman–Crippen MR) is 82.9 cm³/mol. The van der Waals surface area contributed by atoms with E-state index in [1.807, 2.05) is 0 Å². The van der Waals surface area contributed by atoms with Crippen LogP contribution in [0.25, 0.3) is 0 Å². The summed E-state index contributed by atoms with van der Waals surface area (Å²) in [7, 11) is 0. The van der Waals surface area contributed by atoms with Crippen molar-refractivity contribution in [2.45, 2.75) is 0 Å². The maximum atomic E-state index is 12.0. The molecule has 0 fully saturated rings. The Labute approximate surface area is 131 Å². The first-order valence-corrected chi connectivity index (χ1v) is 7.18. The fourth-order valence-corrected chi connectivity index (χ4v) is 2.41. The highest BCUT2D eigenvalue weighted by molar-refractivity contribution is 9.10. The largest absolute Gasteiger partial charge is 0.507 e. The van der Waals surface area contributed by atoms with Gasteiger partial charge in [-0.05, 0) is 52.3 Å². The topological polar surface area (TPSA) is 49.3 Å². The number of hydrogen-bond acceptors (Lipinski definition) is 2. The van der Waals surface area contributed by atoms with Crippen LogP contribution in [-0.4, -0.2) is 11.0 Å². The zero-order valence-corrected chi connectivity index (χ0v) is 13.4. The van der Waals surface area contributed by atoms with Crippen molar-refractivity contribution in [1.29, 1.82) is 0 Å². The Morgan fingerprint density at radius 3 is 2.53 bits per heavy atom. The van der Waals surface area contributed by atoms with E-state index in [2.05, 4.69) is 37.2 Å². The predicted octanol–water partition coefficient (Wildman–Crippen LogP) is 4.82. The summed E-state index contributed by atoms with van der Waals surface area (Å²) < 4.78 is 1.36. The SMILES string of the molecule is O=C(Nc1ccc(Br)cc1Cl)c1ccc(Br)c(O)c1. The summed E-state index contributed by atoms with van der Waals surface area (Å²) in [6, 6.07) is 9.76. The highest BCUT2D eigenvalue weighted by Gasteiger charge is 2.10. The molecular weight excluding hydrogens is 397 g/mol. The van der Waals surface area contributed by atoms with Crippen LogP contribution < -0.4 is 5.32 Å². The fraction of sp³-hybridized carbons (Fsp3) is 0. The Kier molecular flexibility index (Phi) is 4.50. The van der Waals surface area contributed by atoms with Crippen molar-refractivity contribution >= 4 is 55.1 Å². The van der Waals surface area contributed by atoms with Gasteiger partial charge in [-0.3, -0.25) is 4.79 Å². The van der Waals surface area contributed by atoms with Crippen LogP contribution in [0.5, 0.6) is 5.75 Å². The van der Waals surface area contributed by atoms with Gasteiger partial charge in [0.15, 0.2) is 0 Å². The highest BCUT2D eigenvalue weighted by atomic mass is 79.9. The van der Waals surface area contributed by atoms with Gasteiger partial charge in [0.1, 0.15) is 5.75 Å². The Hall–Kier alpha value is -1.04. The minimum Gasteiger partial charge on any atom is -0.507 e. The lowest BCUT2D eigenvalue weighted by atomic mass is 10.2. The fourth-order valence-electron chi connectivity index (χ4n) is 1.44. The lowest BCUT2D eigenvalue weighted by Crippen LogP contribution is -2.12. The van der Waals surface area contributed by atoms with Crippen LogP contribution in [0.4, 0.5) is 5.69 Å². The van der Waals surface area contributed by atoms with Gasteiger partial charge in [-0.15, -0.1) is 0 Å². The number of benzene rings is 2. The second-order valence-corrected chi connectivity index (χ2v) is 5.92. The molecule has 0 saturated heterocycles. The molecule has 1 amide bonds. The smallest absolute Gasteiger partial charge is 0.255 e. The summed E-state index contributed by atoms with van der Waals surface area (Å²) in [6.45, 7) is 0. The van der Waals surface area contributed by atoms with E-state index in [9.17, 15) is 9.90 Å². The molecule has 2 rings (SSSR count). The van der Waals surface area contributed by atoms with Gasteiger partial charge in [-0.25, -0.2) is 0 Å². The lowest BCUT2D eigenvalue weighted by Gasteiger charge is -2.08. The monoisotopic (exact) mass is 403 g/mol. The number of anilines is 1. The third-order valence-electron chi connectivity index (χ3n) is 2.39. The van der Waals surface area contributed by atoms with Crippen molar-refractivity contribution in [3.63, 3.8) is 0 Å². The molecule has 0 unspecified atom stereocenters. The quantitative estimate of drug-likeness (QED) is 0.752. The number of carbonyl (C=O) groups is 1. The molecule has 0 atom stereocenters. The standard InChI is InChI=1S/C13H8Br2ClNO2/c14-8-2-4-11(10(16)6-8)17-13(19)7-1-3-9(15)12(18)5-7/h1-6,18H,(H,17,19). The second-order valence-electron chi connectivity index (χ2n) is 3.74. The van der Waals surface area contributed by atoms with Gasteiger partial charge < -0.3 is 10.4 Å². The average molecular weight is 405 g/mol. The Morgan fingerprint density at radius 1 is 1.16 bits per heavy atom. The van der Waals surface area contributed by atoms with Crippen LogP contribution in [0, 0.1) is 0 Å². The summed E-state index contributed by atoms with van der Waals surface area (Å²) in [5.41, 5.74) is 0.858. The van der Waals surface area contributed by atoms with Crippen molar-refractivity contribution < 1.29 is 9.90 Å². The molecular formula is C13H8Br2ClNO2. The number of hydrogen-bond donors (Lipinski definition) is 2. The van der Waals surface area contributed by atoms with Gasteiger partial charge in [-0.2, -0.15) is 0 Å². The molecule has 6 heteroatoms. The number of aromatic hydroxyl groups is 1. The molecule has 3 nitrogen and oxygen atoms in total. The van der Waals surface area contributed by atoms with E-state index >= 15 is 0 Å². The van der Waals surface area contributed by atoms with E-state index < -0.39 is 0 Å². The van der Waals surface area contributed by atoms with Crippen LogP contribution >= 0.6 is 43.5 Å². The molecule has 0 aliphatic carbocycles. The lowest BCUT2D eigenvalue weighted by molar-refractivity contribution is 0.102. The van der Waals surface area contributed by atoms with E-state index in [-0.39, 0.29) is 11.7 Å². The van der Waals surface area contributed by atoms with Crippen LogP contribution in [0.1, 0.15) is 10.4 Å². The number of halogens is 3. The van der Waals surface area contributed by atoms with E-state index in [0.717, 1.165) is 4.47 Å². The molecule has 0 saturated carbocycles. The summed E-state index contributed by atoms with van der Waals surface area (Å²) in [6.07, 6.45) is 0. The molecule has 0 heterocycles. The Balaban J connectivity index is 2.23. The highest BCUT2D eigenvalue weighted by Crippen LogP contribution is 2.27. The molecule has 0 aliphatic heterocycles. The number of rotatable bonds is 2. The van der Waals surface area contributed by atoms with Crippen molar-refractivity contribution in [2.75, 3.05) is 5.32 Å². The number of phenols is 1. The van der Waals surface area contributed by atoms with E-state index in [0.29, 0.717) is 20.7 Å². The number of phenolic OH excluding ortho intramolecular Hbond substituents is 1. The molecule has 0 spiro atoms. The first-order chi connectivity index (χ1) is 8.97. The van der Waals surface area contributed by atoms with Crippen molar-refractivity contribution in [1.82, 2.24) is 0 Å². The first kappa shape index (κ1) is 14.4. The van der Waals surface area contributed by atoms with Gasteiger partial charge in [0, 0.05) is 10.0 Å². The molecule has 2 aromatic carbocycles. The molecule has 0 bridgehead atoms. The maximum Gasteiger partial charge on any atom is 0.255 e. The Morgan fingerprint density at radius 2 is 1.89 bits per heavy atom. The van der Waals surface area contributed by atoms with Crippen LogP contribution in [-0.2, 0) is 0 Å². The molecule has 0 aromatic heterocycles. The van der Waals surface area contributed by atoms with Gasteiger partial charge in [0.05, 0.1) is 15.2 Å². The van der Waals surface area contributed by atoms with E-state index in [1.54, 1.807) is 30.3 Å². The maximum absolute atomic E-state index is 12.0. The normalized spacial score (nSPS) is 10.3. The minimum absolute atomic E-state index is 0.00885. The molecule has 0 radical (unpaired) electrons. The van der Waals surface area contributed by atoms with Crippen LogP contribution in [0.2, 0.25) is 5.02 Å². The van der Waals surface area contributed by atoms with E-state index in [4.69, 9.17) is 11.6 Å². The van der Waals surface area contributed by atoms with E-state index in [1.165, 1.54) is 6.07 Å². The van der Waals surface area contributed by atoms with Gasteiger partial charge in [-0.1, -0.05) is 27.5 Å². The van der Waals surface area contributed by atoms with Gasteiger partial charge in [0.25, 0.3) is 5.91 Å². The van der Waals surface area contributed by atoms with Crippen molar-refractivity contribution in [3.05, 3.63) is 55.9 Å². The summed E-state index contributed by atoms with van der Waals surface area (Å²) in [4.78, 5) is 12.0. The van der Waals surface area contributed by atoms with Crippen molar-refractivity contribution in [2.24, 2.45) is 0 Å². The molecule has 98 valence electrons. The molecule has 19 heavy (non-hydrogen) atoms. The van der Waals surface area contributed by atoms with Gasteiger partial charge in [0.2, 0.25) is 0 Å². The van der Waals surface area contributed by atoms with Gasteiger partial charge >= 0.3 is 0 Å². The number of carbonyl (C=O) groups excluding carboxylic acids is 1. The third-order valence-corrected chi connectivity index (χ3v) is 3.86. The summed E-state index contributed by atoms with van der Waals surface area (Å²) >= 11 is 12.5. The average Bonchev–Trinajstić information content (AvgIpc) is 2.36. The molecule has 2 N–H and O–H groups in total. The zero-order valence-electron chi connectivity index (χ0n) is 9.45. The van der Waals surface area contributed by atoms with Crippen molar-refractivity contribution in [3.8, 4) is 5.75 Å². The number of nitrogens with one attached hydrogen (secondary N) is 1. The third kappa shape index (κ3) is 3.49. The zero-order chi connectivity index (χ0) is 14.0.